The molecule has 2 aromatic carbocycles. The van der Waals surface area contributed by atoms with Gasteiger partial charge in [-0.05, 0) is 48.7 Å². The summed E-state index contributed by atoms with van der Waals surface area (Å²) in [6.45, 7) is 3.75. The van der Waals surface area contributed by atoms with Crippen LogP contribution in [0.5, 0.6) is 5.75 Å². The van der Waals surface area contributed by atoms with Crippen LogP contribution in [0.4, 0.5) is 5.69 Å². The Balaban J connectivity index is 2.48. The number of halogens is 2. The zero-order chi connectivity index (χ0) is 26.2. The third-order valence-electron chi connectivity index (χ3n) is 5.29. The molecule has 0 fully saturated rings. The molecule has 0 aliphatic rings. The number of rotatable bonds is 12. The van der Waals surface area contributed by atoms with E-state index in [2.05, 4.69) is 5.32 Å². The second kappa shape index (κ2) is 13.0. The van der Waals surface area contributed by atoms with Crippen molar-refractivity contribution in [3.63, 3.8) is 0 Å². The Morgan fingerprint density at radius 3 is 2.23 bits per heavy atom. The fourth-order valence-corrected chi connectivity index (χ4v) is 4.66. The van der Waals surface area contributed by atoms with Crippen LogP contribution >= 0.6 is 23.2 Å². The van der Waals surface area contributed by atoms with Gasteiger partial charge in [-0.1, -0.05) is 49.2 Å². The highest BCUT2D eigenvalue weighted by molar-refractivity contribution is 7.92. The predicted molar refractivity (Wildman–Crippen MR) is 140 cm³/mol. The molecule has 0 bridgehead atoms. The van der Waals surface area contributed by atoms with Crippen molar-refractivity contribution in [2.75, 3.05) is 30.8 Å². The lowest BCUT2D eigenvalue weighted by atomic mass is 10.1. The molecule has 35 heavy (non-hydrogen) atoms. The summed E-state index contributed by atoms with van der Waals surface area (Å²) in [5.74, 6) is -0.613. The molecule has 2 rings (SSSR count). The van der Waals surface area contributed by atoms with Crippen LogP contribution in [-0.4, -0.2) is 57.6 Å². The van der Waals surface area contributed by atoms with Gasteiger partial charge in [-0.15, -0.1) is 0 Å². The van der Waals surface area contributed by atoms with Crippen molar-refractivity contribution in [3.05, 3.63) is 58.1 Å². The van der Waals surface area contributed by atoms with Crippen molar-refractivity contribution >= 4 is 50.7 Å². The summed E-state index contributed by atoms with van der Waals surface area (Å²) >= 11 is 12.1. The molecule has 8 nitrogen and oxygen atoms in total. The summed E-state index contributed by atoms with van der Waals surface area (Å²) in [5.41, 5.74) is 0.876. The van der Waals surface area contributed by atoms with Crippen molar-refractivity contribution in [3.8, 4) is 5.75 Å². The van der Waals surface area contributed by atoms with Gasteiger partial charge >= 0.3 is 0 Å². The average Bonchev–Trinajstić information content (AvgIpc) is 2.81. The van der Waals surface area contributed by atoms with E-state index in [0.717, 1.165) is 22.5 Å². The zero-order valence-electron chi connectivity index (χ0n) is 20.3. The standard InChI is InChI=1S/C24H31Cl2N3O5S/c1-5-13-27-24(31)20(6-2)28(15-17-7-9-18(25)10-8-17)23(30)16-29(35(4,32)33)21-14-19(26)11-12-22(21)34-3/h7-12,14,20H,5-6,13,15-16H2,1-4H3,(H,27,31). The van der Waals surface area contributed by atoms with Crippen LogP contribution < -0.4 is 14.4 Å². The average molecular weight is 545 g/mol. The Morgan fingerprint density at radius 1 is 1.06 bits per heavy atom. The summed E-state index contributed by atoms with van der Waals surface area (Å²) < 4.78 is 31.7. The van der Waals surface area contributed by atoms with Crippen molar-refractivity contribution in [2.24, 2.45) is 0 Å². The Hall–Kier alpha value is -2.49. The lowest BCUT2D eigenvalue weighted by Crippen LogP contribution is -2.52. The maximum Gasteiger partial charge on any atom is 0.244 e. The quantitative estimate of drug-likeness (QED) is 0.434. The van der Waals surface area contributed by atoms with E-state index in [1.165, 1.54) is 24.1 Å². The molecule has 0 saturated carbocycles. The molecule has 1 unspecified atom stereocenters. The molecule has 11 heteroatoms. The predicted octanol–water partition coefficient (Wildman–Crippen LogP) is 4.10. The first kappa shape index (κ1) is 28.7. The number of methoxy groups -OCH3 is 1. The molecule has 192 valence electrons. The molecule has 1 N–H and O–H groups in total. The van der Waals surface area contributed by atoms with E-state index >= 15 is 0 Å². The number of nitrogens with one attached hydrogen (secondary N) is 1. The molecule has 0 aliphatic carbocycles. The number of amides is 2. The Labute approximate surface area is 217 Å². The van der Waals surface area contributed by atoms with E-state index in [4.69, 9.17) is 27.9 Å². The summed E-state index contributed by atoms with van der Waals surface area (Å²) in [5, 5.41) is 3.65. The largest absolute Gasteiger partial charge is 0.495 e. The molecule has 0 heterocycles. The number of benzene rings is 2. The van der Waals surface area contributed by atoms with E-state index in [0.29, 0.717) is 18.0 Å². The number of hydrogen-bond acceptors (Lipinski definition) is 5. The van der Waals surface area contributed by atoms with Crippen LogP contribution in [0.15, 0.2) is 42.5 Å². The normalized spacial score (nSPS) is 12.1. The van der Waals surface area contributed by atoms with Crippen molar-refractivity contribution in [1.82, 2.24) is 10.2 Å². The number of carbonyl (C=O) groups excluding carboxylic acids is 2. The van der Waals surface area contributed by atoms with E-state index in [1.807, 2.05) is 6.92 Å². The zero-order valence-corrected chi connectivity index (χ0v) is 22.6. The van der Waals surface area contributed by atoms with E-state index in [9.17, 15) is 18.0 Å². The van der Waals surface area contributed by atoms with Crippen LogP contribution in [0.3, 0.4) is 0 Å². The number of sulfonamides is 1. The van der Waals surface area contributed by atoms with Crippen LogP contribution in [0, 0.1) is 0 Å². The molecule has 0 saturated heterocycles. The highest BCUT2D eigenvalue weighted by Gasteiger charge is 2.32. The minimum Gasteiger partial charge on any atom is -0.495 e. The SMILES string of the molecule is CCCNC(=O)C(CC)N(Cc1ccc(Cl)cc1)C(=O)CN(c1cc(Cl)ccc1OC)S(C)(=O)=O. The Bertz CT molecular complexity index is 1130. The van der Waals surface area contributed by atoms with Crippen LogP contribution in [-0.2, 0) is 26.2 Å². The molecule has 0 aromatic heterocycles. The topological polar surface area (TPSA) is 96.0 Å². The molecular formula is C24H31Cl2N3O5S. The number of carbonyl (C=O) groups is 2. The molecule has 0 radical (unpaired) electrons. The second-order valence-electron chi connectivity index (χ2n) is 7.95. The van der Waals surface area contributed by atoms with Gasteiger partial charge in [0.2, 0.25) is 21.8 Å². The number of nitrogens with zero attached hydrogens (tertiary/aromatic N) is 2. The maximum atomic E-state index is 13.6. The minimum absolute atomic E-state index is 0.0956. The highest BCUT2D eigenvalue weighted by Crippen LogP contribution is 2.33. The summed E-state index contributed by atoms with van der Waals surface area (Å²) in [4.78, 5) is 28.0. The lowest BCUT2D eigenvalue weighted by Gasteiger charge is -2.33. The van der Waals surface area contributed by atoms with Crippen molar-refractivity contribution in [2.45, 2.75) is 39.3 Å². The van der Waals surface area contributed by atoms with Gasteiger partial charge < -0.3 is 15.0 Å². The summed E-state index contributed by atoms with van der Waals surface area (Å²) in [6.07, 6.45) is 2.08. The molecule has 2 amide bonds. The second-order valence-corrected chi connectivity index (χ2v) is 10.7. The Kier molecular flexibility index (Phi) is 10.7. The first-order valence-electron chi connectivity index (χ1n) is 11.1. The van der Waals surface area contributed by atoms with Crippen LogP contribution in [0.25, 0.3) is 0 Å². The molecule has 1 atom stereocenters. The number of anilines is 1. The smallest absolute Gasteiger partial charge is 0.244 e. The van der Waals surface area contributed by atoms with Gasteiger partial charge in [0, 0.05) is 23.1 Å². The fraction of sp³-hybridized carbons (Fsp3) is 0.417. The Morgan fingerprint density at radius 2 is 1.69 bits per heavy atom. The van der Waals surface area contributed by atoms with E-state index < -0.39 is 28.5 Å². The van der Waals surface area contributed by atoms with Gasteiger partial charge in [0.15, 0.2) is 0 Å². The molecule has 0 spiro atoms. The summed E-state index contributed by atoms with van der Waals surface area (Å²) in [7, 11) is -2.52. The van der Waals surface area contributed by atoms with Gasteiger partial charge in [0.05, 0.1) is 19.1 Å². The third kappa shape index (κ3) is 8.02. The van der Waals surface area contributed by atoms with E-state index in [1.54, 1.807) is 37.3 Å². The first-order valence-corrected chi connectivity index (χ1v) is 13.7. The van der Waals surface area contributed by atoms with E-state index in [-0.39, 0.29) is 28.9 Å². The monoisotopic (exact) mass is 543 g/mol. The number of ether oxygens (including phenoxy) is 1. The molecule has 0 aliphatic heterocycles. The summed E-state index contributed by atoms with van der Waals surface area (Å²) in [6, 6.07) is 10.6. The lowest BCUT2D eigenvalue weighted by molar-refractivity contribution is -0.140. The van der Waals surface area contributed by atoms with Crippen LogP contribution in [0.2, 0.25) is 10.0 Å². The third-order valence-corrected chi connectivity index (χ3v) is 6.90. The minimum atomic E-state index is -3.91. The van der Waals surface area contributed by atoms with Gasteiger partial charge in [-0.25, -0.2) is 8.42 Å². The molecule has 2 aromatic rings. The van der Waals surface area contributed by atoms with Gasteiger partial charge in [0.25, 0.3) is 0 Å². The van der Waals surface area contributed by atoms with Gasteiger partial charge in [-0.2, -0.15) is 0 Å². The fourth-order valence-electron chi connectivity index (χ4n) is 3.52. The van der Waals surface area contributed by atoms with Crippen molar-refractivity contribution < 1.29 is 22.7 Å². The maximum absolute atomic E-state index is 13.6. The first-order chi connectivity index (χ1) is 16.5. The van der Waals surface area contributed by atoms with Crippen LogP contribution in [0.1, 0.15) is 32.3 Å². The molecular weight excluding hydrogens is 513 g/mol. The number of hydrogen-bond donors (Lipinski definition) is 1. The van der Waals surface area contributed by atoms with Gasteiger partial charge in [0.1, 0.15) is 18.3 Å². The highest BCUT2D eigenvalue weighted by atomic mass is 35.5. The van der Waals surface area contributed by atoms with Crippen molar-refractivity contribution in [1.29, 1.82) is 0 Å². The van der Waals surface area contributed by atoms with Gasteiger partial charge in [-0.3, -0.25) is 13.9 Å².